The first kappa shape index (κ1) is 15.0. The van der Waals surface area contributed by atoms with E-state index in [1.807, 2.05) is 0 Å². The zero-order valence-electron chi connectivity index (χ0n) is 13.2. The molecule has 2 aliphatic rings. The van der Waals surface area contributed by atoms with Crippen molar-refractivity contribution >= 4 is 14.3 Å². The Hall–Kier alpha value is -0.353. The number of ether oxygens (including phenoxy) is 1. The van der Waals surface area contributed by atoms with Crippen molar-refractivity contribution in [1.82, 2.24) is 0 Å². The Kier molecular flexibility index (Phi) is 3.63. The van der Waals surface area contributed by atoms with Crippen molar-refractivity contribution in [3.05, 3.63) is 0 Å². The van der Waals surface area contributed by atoms with Gasteiger partial charge in [-0.3, -0.25) is 4.79 Å². The Bertz CT molecular complexity index is 372. The maximum absolute atomic E-state index is 12.0. The summed E-state index contributed by atoms with van der Waals surface area (Å²) in [6.45, 7) is 11.3. The van der Waals surface area contributed by atoms with Crippen LogP contribution in [-0.4, -0.2) is 27.0 Å². The van der Waals surface area contributed by atoms with E-state index in [1.54, 1.807) is 0 Å². The Morgan fingerprint density at radius 3 is 2.42 bits per heavy atom. The van der Waals surface area contributed by atoms with Gasteiger partial charge in [-0.2, -0.15) is 0 Å². The molecule has 110 valence electrons. The number of fused-ring (bicyclic) bond motifs is 1. The van der Waals surface area contributed by atoms with Crippen LogP contribution in [0.15, 0.2) is 0 Å². The van der Waals surface area contributed by atoms with Crippen molar-refractivity contribution in [3.63, 3.8) is 0 Å². The van der Waals surface area contributed by atoms with Gasteiger partial charge in [0.25, 0.3) is 0 Å². The Labute approximate surface area is 118 Å². The predicted octanol–water partition coefficient (Wildman–Crippen LogP) is 3.74. The third-order valence-corrected chi connectivity index (χ3v) is 10.2. The molecule has 0 heterocycles. The van der Waals surface area contributed by atoms with E-state index in [0.29, 0.717) is 5.92 Å². The molecule has 2 aliphatic carbocycles. The van der Waals surface area contributed by atoms with E-state index in [9.17, 15) is 4.79 Å². The monoisotopic (exact) mass is 284 g/mol. The normalized spacial score (nSPS) is 34.6. The summed E-state index contributed by atoms with van der Waals surface area (Å²) in [5, 5.41) is 0.186. The number of hydrogen-bond donors (Lipinski definition) is 0. The van der Waals surface area contributed by atoms with E-state index < -0.39 is 8.32 Å². The average molecular weight is 284 g/mol. The molecule has 2 saturated carbocycles. The van der Waals surface area contributed by atoms with Crippen LogP contribution < -0.4 is 0 Å². The number of hydrogen-bond acceptors (Lipinski definition) is 3. The summed E-state index contributed by atoms with van der Waals surface area (Å²) in [6.07, 6.45) is 4.39. The largest absolute Gasteiger partial charge is 0.469 e. The van der Waals surface area contributed by atoms with Gasteiger partial charge >= 0.3 is 5.97 Å². The van der Waals surface area contributed by atoms with Crippen LogP contribution in [-0.2, 0) is 14.0 Å². The van der Waals surface area contributed by atoms with Crippen molar-refractivity contribution in [2.45, 2.75) is 70.2 Å². The maximum atomic E-state index is 12.0. The van der Waals surface area contributed by atoms with Crippen LogP contribution in [0.5, 0.6) is 0 Å². The van der Waals surface area contributed by atoms with Crippen LogP contribution in [0.2, 0.25) is 18.1 Å². The molecule has 2 rings (SSSR count). The van der Waals surface area contributed by atoms with Gasteiger partial charge in [0, 0.05) is 0 Å². The first-order valence-corrected chi connectivity index (χ1v) is 10.3. The molecule has 3 atom stereocenters. The lowest BCUT2D eigenvalue weighted by Crippen LogP contribution is -2.63. The van der Waals surface area contributed by atoms with Crippen LogP contribution in [0.4, 0.5) is 0 Å². The van der Waals surface area contributed by atoms with Gasteiger partial charge in [-0.25, -0.2) is 0 Å². The second-order valence-electron chi connectivity index (χ2n) is 7.72. The van der Waals surface area contributed by atoms with Crippen LogP contribution in [0.1, 0.15) is 46.5 Å². The summed E-state index contributed by atoms with van der Waals surface area (Å²) in [4.78, 5) is 12.0. The van der Waals surface area contributed by atoms with E-state index in [1.165, 1.54) is 20.0 Å². The summed E-state index contributed by atoms with van der Waals surface area (Å²) in [5.74, 6) is 0.474. The molecule has 0 amide bonds. The van der Waals surface area contributed by atoms with E-state index >= 15 is 0 Å². The highest BCUT2D eigenvalue weighted by Gasteiger charge is 2.64. The number of carbonyl (C=O) groups is 1. The van der Waals surface area contributed by atoms with E-state index in [2.05, 4.69) is 33.9 Å². The van der Waals surface area contributed by atoms with Gasteiger partial charge in [-0.15, -0.1) is 0 Å². The Morgan fingerprint density at radius 2 is 1.95 bits per heavy atom. The highest BCUT2D eigenvalue weighted by molar-refractivity contribution is 6.74. The topological polar surface area (TPSA) is 35.5 Å². The van der Waals surface area contributed by atoms with Gasteiger partial charge in [0.2, 0.25) is 0 Å². The van der Waals surface area contributed by atoms with Gasteiger partial charge in [0.05, 0.1) is 18.6 Å². The van der Waals surface area contributed by atoms with E-state index in [0.717, 1.165) is 12.8 Å². The summed E-state index contributed by atoms with van der Waals surface area (Å²) in [7, 11) is -0.350. The minimum absolute atomic E-state index is 0.0286. The van der Waals surface area contributed by atoms with E-state index in [-0.39, 0.29) is 22.5 Å². The zero-order valence-corrected chi connectivity index (χ0v) is 14.2. The minimum atomic E-state index is -1.84. The fourth-order valence-electron chi connectivity index (χ4n) is 3.44. The van der Waals surface area contributed by atoms with Gasteiger partial charge in [0.15, 0.2) is 8.32 Å². The van der Waals surface area contributed by atoms with Crippen LogP contribution in [0, 0.1) is 11.8 Å². The molecule has 3 nitrogen and oxygen atoms in total. The molecule has 0 spiro atoms. The van der Waals surface area contributed by atoms with Crippen molar-refractivity contribution in [3.8, 4) is 0 Å². The molecule has 0 aromatic heterocycles. The lowest BCUT2D eigenvalue weighted by molar-refractivity contribution is -0.177. The molecular weight excluding hydrogens is 256 g/mol. The van der Waals surface area contributed by atoms with E-state index in [4.69, 9.17) is 9.16 Å². The first-order valence-electron chi connectivity index (χ1n) is 7.42. The van der Waals surface area contributed by atoms with Crippen molar-refractivity contribution in [2.75, 3.05) is 7.11 Å². The number of rotatable bonds is 3. The quantitative estimate of drug-likeness (QED) is 0.585. The lowest BCUT2D eigenvalue weighted by Gasteiger charge is -2.56. The zero-order chi connectivity index (χ0) is 14.5. The fourth-order valence-corrected chi connectivity index (χ4v) is 5.11. The van der Waals surface area contributed by atoms with Crippen molar-refractivity contribution in [2.24, 2.45) is 11.8 Å². The molecular formula is C15H28O3Si. The molecule has 0 saturated heterocycles. The Balaban J connectivity index is 2.22. The summed E-state index contributed by atoms with van der Waals surface area (Å²) >= 11 is 0. The SMILES string of the molecule is COC(=O)[C@@H]1C[C@@H]2CCC[C@@]21O[Si](C)(C)C(C)(C)C. The summed E-state index contributed by atoms with van der Waals surface area (Å²) < 4.78 is 11.7. The predicted molar refractivity (Wildman–Crippen MR) is 78.5 cm³/mol. The lowest BCUT2D eigenvalue weighted by atomic mass is 9.63. The number of esters is 1. The van der Waals surface area contributed by atoms with Gasteiger partial charge in [-0.1, -0.05) is 27.2 Å². The second-order valence-corrected chi connectivity index (χ2v) is 12.4. The average Bonchev–Trinajstić information content (AvgIpc) is 2.56. The standard InChI is InChI=1S/C15H28O3Si/c1-14(2,3)19(5,6)18-15-9-7-8-11(15)10-12(15)13(16)17-4/h11-12H,7-10H2,1-6H3/t11-,12-,15+/m0/s1. The van der Waals surface area contributed by atoms with Gasteiger partial charge in [0.1, 0.15) is 0 Å². The second kappa shape index (κ2) is 4.59. The Morgan fingerprint density at radius 1 is 1.32 bits per heavy atom. The highest BCUT2D eigenvalue weighted by atomic mass is 28.4. The molecule has 2 fully saturated rings. The third kappa shape index (κ3) is 2.27. The first-order chi connectivity index (χ1) is 8.64. The fraction of sp³-hybridized carbons (Fsp3) is 0.933. The molecule has 0 radical (unpaired) electrons. The van der Waals surface area contributed by atoms with Crippen molar-refractivity contribution in [1.29, 1.82) is 0 Å². The maximum Gasteiger partial charge on any atom is 0.311 e. The third-order valence-electron chi connectivity index (χ3n) is 5.66. The van der Waals surface area contributed by atoms with Crippen LogP contribution >= 0.6 is 0 Å². The molecule has 0 bridgehead atoms. The van der Waals surface area contributed by atoms with Crippen LogP contribution in [0.25, 0.3) is 0 Å². The minimum Gasteiger partial charge on any atom is -0.469 e. The van der Waals surface area contributed by atoms with Gasteiger partial charge in [-0.05, 0) is 43.3 Å². The molecule has 0 unspecified atom stereocenters. The number of methoxy groups -OCH3 is 1. The smallest absolute Gasteiger partial charge is 0.311 e. The van der Waals surface area contributed by atoms with Crippen molar-refractivity contribution < 1.29 is 14.0 Å². The molecule has 0 N–H and O–H groups in total. The molecule has 19 heavy (non-hydrogen) atoms. The van der Waals surface area contributed by atoms with Gasteiger partial charge < -0.3 is 9.16 Å². The molecule has 0 aromatic rings. The highest BCUT2D eigenvalue weighted by Crippen LogP contribution is 2.59. The summed E-state index contributed by atoms with van der Waals surface area (Å²) in [6, 6.07) is 0. The molecule has 0 aromatic carbocycles. The van der Waals surface area contributed by atoms with Crippen LogP contribution in [0.3, 0.4) is 0 Å². The molecule has 4 heteroatoms. The summed E-state index contributed by atoms with van der Waals surface area (Å²) in [5.41, 5.74) is -0.198. The number of carbonyl (C=O) groups excluding carboxylic acids is 1. The molecule has 0 aliphatic heterocycles.